The predicted molar refractivity (Wildman–Crippen MR) is 68.0 cm³/mol. The standard InChI is InChI=1S/C11H11N3O2S/c1-17-11-13-9(15)8(10(16)14-11)12-7-5-3-2-4-6-7/h2-6,12H,1H3,(H2,13,14,15,16). The van der Waals surface area contributed by atoms with Gasteiger partial charge in [0.05, 0.1) is 0 Å². The highest BCUT2D eigenvalue weighted by Gasteiger charge is 2.10. The number of nitrogens with one attached hydrogen (secondary N) is 2. The molecule has 5 nitrogen and oxygen atoms in total. The highest BCUT2D eigenvalue weighted by Crippen LogP contribution is 2.21. The normalized spacial score (nSPS) is 10.2. The van der Waals surface area contributed by atoms with E-state index in [1.807, 2.05) is 18.2 Å². The first-order chi connectivity index (χ1) is 8.20. The van der Waals surface area contributed by atoms with E-state index in [0.29, 0.717) is 10.8 Å². The highest BCUT2D eigenvalue weighted by molar-refractivity contribution is 7.98. The molecule has 0 saturated carbocycles. The van der Waals surface area contributed by atoms with E-state index in [1.165, 1.54) is 11.8 Å². The molecule has 17 heavy (non-hydrogen) atoms. The van der Waals surface area contributed by atoms with Crippen LogP contribution in [-0.2, 0) is 0 Å². The van der Waals surface area contributed by atoms with Gasteiger partial charge in [-0.2, -0.15) is 4.98 Å². The van der Waals surface area contributed by atoms with Crippen LogP contribution in [0.2, 0.25) is 0 Å². The van der Waals surface area contributed by atoms with E-state index in [-0.39, 0.29) is 11.6 Å². The first-order valence-corrected chi connectivity index (χ1v) is 6.12. The number of rotatable bonds is 3. The summed E-state index contributed by atoms with van der Waals surface area (Å²) >= 11 is 1.26. The van der Waals surface area contributed by atoms with Crippen LogP contribution < -0.4 is 10.9 Å². The zero-order valence-electron chi connectivity index (χ0n) is 9.10. The average Bonchev–Trinajstić information content (AvgIpc) is 2.35. The molecule has 2 aromatic rings. The number of nitrogens with zero attached hydrogens (tertiary/aromatic N) is 1. The van der Waals surface area contributed by atoms with Crippen LogP contribution >= 0.6 is 11.8 Å². The van der Waals surface area contributed by atoms with Gasteiger partial charge >= 0.3 is 0 Å². The van der Waals surface area contributed by atoms with E-state index in [4.69, 9.17) is 0 Å². The van der Waals surface area contributed by atoms with E-state index in [2.05, 4.69) is 15.3 Å². The largest absolute Gasteiger partial charge is 0.492 e. The third-order valence-corrected chi connectivity index (χ3v) is 2.70. The maximum Gasteiger partial charge on any atom is 0.279 e. The maximum atomic E-state index is 11.7. The SMILES string of the molecule is CSc1nc(O)c(Nc2ccccc2)c(=O)[nH]1. The number of benzene rings is 1. The fourth-order valence-electron chi connectivity index (χ4n) is 1.32. The number of aromatic amines is 1. The molecule has 0 aliphatic heterocycles. The van der Waals surface area contributed by atoms with Crippen LogP contribution in [0.5, 0.6) is 5.88 Å². The van der Waals surface area contributed by atoms with Crippen LogP contribution in [0, 0.1) is 0 Å². The summed E-state index contributed by atoms with van der Waals surface area (Å²) in [5, 5.41) is 12.9. The molecule has 0 radical (unpaired) electrons. The third-order valence-electron chi connectivity index (χ3n) is 2.12. The van der Waals surface area contributed by atoms with Crippen molar-refractivity contribution in [2.75, 3.05) is 11.6 Å². The average molecular weight is 249 g/mol. The van der Waals surface area contributed by atoms with Crippen molar-refractivity contribution in [3.8, 4) is 5.88 Å². The number of thioether (sulfide) groups is 1. The lowest BCUT2D eigenvalue weighted by molar-refractivity contribution is 0.447. The molecule has 0 atom stereocenters. The Bertz CT molecular complexity index is 569. The van der Waals surface area contributed by atoms with Gasteiger partial charge in [-0.1, -0.05) is 30.0 Å². The molecule has 2 rings (SSSR count). The summed E-state index contributed by atoms with van der Waals surface area (Å²) in [5.41, 5.74) is 0.367. The van der Waals surface area contributed by atoms with Crippen molar-refractivity contribution < 1.29 is 5.11 Å². The minimum atomic E-state index is -0.397. The third kappa shape index (κ3) is 2.59. The molecule has 6 heteroatoms. The molecular formula is C11H11N3O2S. The lowest BCUT2D eigenvalue weighted by atomic mass is 10.3. The summed E-state index contributed by atoms with van der Waals surface area (Å²) < 4.78 is 0. The van der Waals surface area contributed by atoms with E-state index in [0.717, 1.165) is 0 Å². The summed E-state index contributed by atoms with van der Waals surface area (Å²) in [4.78, 5) is 18.1. The zero-order valence-corrected chi connectivity index (χ0v) is 9.91. The topological polar surface area (TPSA) is 78.0 Å². The first kappa shape index (κ1) is 11.5. The monoisotopic (exact) mass is 249 g/mol. The van der Waals surface area contributed by atoms with Crippen molar-refractivity contribution in [2.24, 2.45) is 0 Å². The number of para-hydroxylation sites is 1. The Balaban J connectivity index is 2.37. The number of aromatic nitrogens is 2. The minimum Gasteiger partial charge on any atom is -0.492 e. The number of H-pyrrole nitrogens is 1. The zero-order chi connectivity index (χ0) is 12.3. The van der Waals surface area contributed by atoms with Crippen molar-refractivity contribution in [1.82, 2.24) is 9.97 Å². The molecule has 3 N–H and O–H groups in total. The van der Waals surface area contributed by atoms with Crippen LogP contribution in [0.1, 0.15) is 0 Å². The molecule has 1 heterocycles. The van der Waals surface area contributed by atoms with Gasteiger partial charge in [-0.25, -0.2) is 0 Å². The first-order valence-electron chi connectivity index (χ1n) is 4.90. The number of hydrogen-bond donors (Lipinski definition) is 3. The van der Waals surface area contributed by atoms with Gasteiger partial charge in [-0.05, 0) is 18.4 Å². The number of anilines is 2. The van der Waals surface area contributed by atoms with Crippen molar-refractivity contribution in [3.63, 3.8) is 0 Å². The van der Waals surface area contributed by atoms with E-state index in [1.54, 1.807) is 18.4 Å². The molecular weight excluding hydrogens is 238 g/mol. The van der Waals surface area contributed by atoms with Gasteiger partial charge in [-0.3, -0.25) is 9.78 Å². The Morgan fingerprint density at radius 2 is 2.06 bits per heavy atom. The van der Waals surface area contributed by atoms with Gasteiger partial charge in [0.1, 0.15) is 0 Å². The lowest BCUT2D eigenvalue weighted by Gasteiger charge is -2.07. The molecule has 0 aliphatic rings. The van der Waals surface area contributed by atoms with Gasteiger partial charge < -0.3 is 10.4 Å². The van der Waals surface area contributed by atoms with Gasteiger partial charge in [0.2, 0.25) is 5.88 Å². The molecule has 0 aliphatic carbocycles. The molecule has 0 amide bonds. The smallest absolute Gasteiger partial charge is 0.279 e. The Labute approximate surface area is 102 Å². The van der Waals surface area contributed by atoms with Gasteiger partial charge in [-0.15, -0.1) is 0 Å². The Morgan fingerprint density at radius 1 is 1.35 bits per heavy atom. The number of hydrogen-bond acceptors (Lipinski definition) is 5. The van der Waals surface area contributed by atoms with Gasteiger partial charge in [0.15, 0.2) is 10.8 Å². The van der Waals surface area contributed by atoms with Crippen LogP contribution in [0.4, 0.5) is 11.4 Å². The molecule has 0 bridgehead atoms. The molecule has 88 valence electrons. The van der Waals surface area contributed by atoms with E-state index in [9.17, 15) is 9.90 Å². The van der Waals surface area contributed by atoms with Gasteiger partial charge in [0.25, 0.3) is 5.56 Å². The Hall–Kier alpha value is -1.95. The summed E-state index contributed by atoms with van der Waals surface area (Å²) in [5.74, 6) is -0.304. The summed E-state index contributed by atoms with van der Waals surface area (Å²) in [6.45, 7) is 0. The summed E-state index contributed by atoms with van der Waals surface area (Å²) in [6, 6.07) is 9.11. The second-order valence-electron chi connectivity index (χ2n) is 3.26. The van der Waals surface area contributed by atoms with Crippen LogP contribution in [-0.4, -0.2) is 21.3 Å². The minimum absolute atomic E-state index is 0.0500. The van der Waals surface area contributed by atoms with Crippen molar-refractivity contribution in [2.45, 2.75) is 5.16 Å². The quantitative estimate of drug-likeness (QED) is 0.572. The molecule has 0 fully saturated rings. The van der Waals surface area contributed by atoms with Crippen LogP contribution in [0.25, 0.3) is 0 Å². The van der Waals surface area contributed by atoms with Crippen molar-refractivity contribution in [1.29, 1.82) is 0 Å². The van der Waals surface area contributed by atoms with Crippen molar-refractivity contribution >= 4 is 23.1 Å². The predicted octanol–water partition coefficient (Wildman–Crippen LogP) is 1.94. The highest BCUT2D eigenvalue weighted by atomic mass is 32.2. The maximum absolute atomic E-state index is 11.7. The molecule has 1 aromatic heterocycles. The Kier molecular flexibility index (Phi) is 3.34. The Morgan fingerprint density at radius 3 is 2.65 bits per heavy atom. The van der Waals surface area contributed by atoms with Gasteiger partial charge in [0, 0.05) is 5.69 Å². The summed E-state index contributed by atoms with van der Waals surface area (Å²) in [6.07, 6.45) is 1.77. The second kappa shape index (κ2) is 4.92. The molecule has 0 saturated heterocycles. The van der Waals surface area contributed by atoms with Crippen molar-refractivity contribution in [3.05, 3.63) is 40.7 Å². The molecule has 1 aromatic carbocycles. The lowest BCUT2D eigenvalue weighted by Crippen LogP contribution is -2.13. The number of aromatic hydroxyl groups is 1. The fourth-order valence-corrected chi connectivity index (χ4v) is 1.69. The van der Waals surface area contributed by atoms with Crippen LogP contribution in [0.15, 0.2) is 40.3 Å². The molecule has 0 unspecified atom stereocenters. The summed E-state index contributed by atoms with van der Waals surface area (Å²) in [7, 11) is 0. The van der Waals surface area contributed by atoms with Crippen LogP contribution in [0.3, 0.4) is 0 Å². The fraction of sp³-hybridized carbons (Fsp3) is 0.0909. The van der Waals surface area contributed by atoms with E-state index >= 15 is 0 Å². The van der Waals surface area contributed by atoms with E-state index < -0.39 is 5.56 Å². The second-order valence-corrected chi connectivity index (χ2v) is 4.06. The molecule has 0 spiro atoms.